The van der Waals surface area contributed by atoms with Gasteiger partial charge in [0.25, 0.3) is 0 Å². The predicted octanol–water partition coefficient (Wildman–Crippen LogP) is 2.60. The summed E-state index contributed by atoms with van der Waals surface area (Å²) in [5.41, 5.74) is 1.93. The molecule has 1 fully saturated rings. The van der Waals surface area contributed by atoms with Gasteiger partial charge < -0.3 is 9.88 Å². The summed E-state index contributed by atoms with van der Waals surface area (Å²) < 4.78 is 3.06. The number of benzene rings is 1. The van der Waals surface area contributed by atoms with Crippen LogP contribution in [-0.4, -0.2) is 22.0 Å². The second kappa shape index (κ2) is 4.55. The standard InChI is InChI=1S/C12H11BrClN3O/c13-7-1-2-10-9(3-7)16-11(5-14)17(10)8-4-12(18)15-6-8/h1-3,8H,4-6H2,(H,15,18). The SMILES string of the molecule is O=C1CC(n2c(CCl)nc3cc(Br)ccc32)CN1. The average molecular weight is 329 g/mol. The molecule has 1 aliphatic heterocycles. The lowest BCUT2D eigenvalue weighted by Crippen LogP contribution is -2.16. The number of nitrogens with one attached hydrogen (secondary N) is 1. The van der Waals surface area contributed by atoms with Crippen molar-refractivity contribution in [2.45, 2.75) is 18.3 Å². The normalized spacial score (nSPS) is 19.4. The number of nitrogens with zero attached hydrogens (tertiary/aromatic N) is 2. The van der Waals surface area contributed by atoms with Crippen LogP contribution in [-0.2, 0) is 10.7 Å². The van der Waals surface area contributed by atoms with Crippen molar-refractivity contribution in [1.82, 2.24) is 14.9 Å². The molecule has 2 heterocycles. The van der Waals surface area contributed by atoms with Crippen molar-refractivity contribution in [3.63, 3.8) is 0 Å². The van der Waals surface area contributed by atoms with E-state index in [2.05, 4.69) is 30.8 Å². The van der Waals surface area contributed by atoms with Crippen molar-refractivity contribution in [2.75, 3.05) is 6.54 Å². The van der Waals surface area contributed by atoms with Gasteiger partial charge in [-0.3, -0.25) is 4.79 Å². The van der Waals surface area contributed by atoms with Crippen LogP contribution in [0.3, 0.4) is 0 Å². The lowest BCUT2D eigenvalue weighted by Gasteiger charge is -2.13. The molecule has 1 saturated heterocycles. The minimum Gasteiger partial charge on any atom is -0.354 e. The Labute approximate surface area is 117 Å². The molecule has 1 unspecified atom stereocenters. The van der Waals surface area contributed by atoms with E-state index in [9.17, 15) is 4.79 Å². The van der Waals surface area contributed by atoms with Crippen molar-refractivity contribution in [3.8, 4) is 0 Å². The Hall–Kier alpha value is -1.07. The molecule has 1 aliphatic rings. The minimum atomic E-state index is 0.0829. The maximum atomic E-state index is 11.4. The molecule has 4 nitrogen and oxygen atoms in total. The first kappa shape index (κ1) is 12.0. The number of aromatic nitrogens is 2. The van der Waals surface area contributed by atoms with Gasteiger partial charge in [-0.15, -0.1) is 11.6 Å². The summed E-state index contributed by atoms with van der Waals surface area (Å²) in [4.78, 5) is 15.9. The molecule has 1 N–H and O–H groups in total. The van der Waals surface area contributed by atoms with Crippen molar-refractivity contribution in [2.24, 2.45) is 0 Å². The number of fused-ring (bicyclic) bond motifs is 1. The Bertz CT molecular complexity index is 625. The smallest absolute Gasteiger partial charge is 0.222 e. The molecular weight excluding hydrogens is 318 g/mol. The summed E-state index contributed by atoms with van der Waals surface area (Å²) in [6.45, 7) is 0.643. The molecular formula is C12H11BrClN3O. The lowest BCUT2D eigenvalue weighted by atomic mass is 10.2. The highest BCUT2D eigenvalue weighted by atomic mass is 79.9. The van der Waals surface area contributed by atoms with Gasteiger partial charge in [0, 0.05) is 17.4 Å². The van der Waals surface area contributed by atoms with Gasteiger partial charge in [0.15, 0.2) is 0 Å². The van der Waals surface area contributed by atoms with Crippen LogP contribution in [0.2, 0.25) is 0 Å². The summed E-state index contributed by atoms with van der Waals surface area (Å²) in [6, 6.07) is 6.05. The molecule has 1 aromatic carbocycles. The summed E-state index contributed by atoms with van der Waals surface area (Å²) >= 11 is 9.39. The van der Waals surface area contributed by atoms with Crippen molar-refractivity contribution in [1.29, 1.82) is 0 Å². The summed E-state index contributed by atoms with van der Waals surface area (Å²) in [7, 11) is 0. The van der Waals surface area contributed by atoms with Crippen LogP contribution >= 0.6 is 27.5 Å². The fourth-order valence-corrected chi connectivity index (χ4v) is 2.93. The summed E-state index contributed by atoms with van der Waals surface area (Å²) in [6.07, 6.45) is 0.491. The molecule has 0 spiro atoms. The third-order valence-electron chi connectivity index (χ3n) is 3.17. The zero-order valence-corrected chi connectivity index (χ0v) is 11.8. The van der Waals surface area contributed by atoms with Gasteiger partial charge in [0.1, 0.15) is 5.82 Å². The molecule has 3 rings (SSSR count). The molecule has 1 amide bonds. The lowest BCUT2D eigenvalue weighted by molar-refractivity contribution is -0.119. The first-order valence-corrected chi connectivity index (χ1v) is 7.01. The summed E-state index contributed by atoms with van der Waals surface area (Å²) in [5, 5.41) is 2.85. The number of alkyl halides is 1. The van der Waals surface area contributed by atoms with E-state index in [0.717, 1.165) is 21.3 Å². The largest absolute Gasteiger partial charge is 0.354 e. The Kier molecular flexibility index (Phi) is 3.03. The molecule has 1 aromatic heterocycles. The van der Waals surface area contributed by atoms with E-state index in [0.29, 0.717) is 18.8 Å². The van der Waals surface area contributed by atoms with Crippen LogP contribution in [0.15, 0.2) is 22.7 Å². The first-order chi connectivity index (χ1) is 8.69. The van der Waals surface area contributed by atoms with Crippen molar-refractivity contribution >= 4 is 44.5 Å². The molecule has 1 atom stereocenters. The Balaban J connectivity index is 2.16. The monoisotopic (exact) mass is 327 g/mol. The molecule has 18 heavy (non-hydrogen) atoms. The van der Waals surface area contributed by atoms with E-state index in [1.165, 1.54) is 0 Å². The number of halogens is 2. The highest BCUT2D eigenvalue weighted by molar-refractivity contribution is 9.10. The van der Waals surface area contributed by atoms with E-state index >= 15 is 0 Å². The number of hydrogen-bond acceptors (Lipinski definition) is 2. The fraction of sp³-hybridized carbons (Fsp3) is 0.333. The molecule has 0 aliphatic carbocycles. The average Bonchev–Trinajstić information content (AvgIpc) is 2.91. The second-order valence-corrected chi connectivity index (χ2v) is 5.51. The second-order valence-electron chi connectivity index (χ2n) is 4.33. The van der Waals surface area contributed by atoms with Gasteiger partial charge in [-0.1, -0.05) is 15.9 Å². The third-order valence-corrected chi connectivity index (χ3v) is 3.90. The van der Waals surface area contributed by atoms with Crippen LogP contribution < -0.4 is 5.32 Å². The fourth-order valence-electron chi connectivity index (χ4n) is 2.40. The predicted molar refractivity (Wildman–Crippen MR) is 73.7 cm³/mol. The van der Waals surface area contributed by atoms with Gasteiger partial charge in [-0.25, -0.2) is 4.98 Å². The zero-order chi connectivity index (χ0) is 12.7. The minimum absolute atomic E-state index is 0.0829. The van der Waals surface area contributed by atoms with Gasteiger partial charge in [-0.2, -0.15) is 0 Å². The molecule has 2 aromatic rings. The van der Waals surface area contributed by atoms with E-state index in [-0.39, 0.29) is 11.9 Å². The topological polar surface area (TPSA) is 46.9 Å². The molecule has 0 bridgehead atoms. The Morgan fingerprint density at radius 1 is 1.56 bits per heavy atom. The summed E-state index contributed by atoms with van der Waals surface area (Å²) in [5.74, 6) is 1.24. The van der Waals surface area contributed by atoms with Gasteiger partial charge in [0.05, 0.1) is 23.0 Å². The maximum Gasteiger partial charge on any atom is 0.222 e. The zero-order valence-electron chi connectivity index (χ0n) is 9.49. The quantitative estimate of drug-likeness (QED) is 0.861. The van der Waals surface area contributed by atoms with E-state index in [4.69, 9.17) is 11.6 Å². The van der Waals surface area contributed by atoms with Crippen LogP contribution in [0.4, 0.5) is 0 Å². The van der Waals surface area contributed by atoms with Gasteiger partial charge >= 0.3 is 0 Å². The van der Waals surface area contributed by atoms with Gasteiger partial charge in [-0.05, 0) is 18.2 Å². The van der Waals surface area contributed by atoms with Crippen LogP contribution in [0.5, 0.6) is 0 Å². The van der Waals surface area contributed by atoms with Crippen molar-refractivity contribution < 1.29 is 4.79 Å². The highest BCUT2D eigenvalue weighted by Crippen LogP contribution is 2.28. The number of carbonyl (C=O) groups excluding carboxylic acids is 1. The Morgan fingerprint density at radius 2 is 2.39 bits per heavy atom. The van der Waals surface area contributed by atoms with Gasteiger partial charge in [0.2, 0.25) is 5.91 Å². The number of rotatable bonds is 2. The number of amides is 1. The first-order valence-electron chi connectivity index (χ1n) is 5.68. The Morgan fingerprint density at radius 3 is 3.06 bits per heavy atom. The van der Waals surface area contributed by atoms with Crippen molar-refractivity contribution in [3.05, 3.63) is 28.5 Å². The number of imidazole rings is 1. The molecule has 94 valence electrons. The highest BCUT2D eigenvalue weighted by Gasteiger charge is 2.26. The van der Waals surface area contributed by atoms with E-state index in [1.807, 2.05) is 18.2 Å². The van der Waals surface area contributed by atoms with Crippen LogP contribution in [0.1, 0.15) is 18.3 Å². The number of carbonyl (C=O) groups is 1. The third kappa shape index (κ3) is 1.91. The number of hydrogen-bond donors (Lipinski definition) is 1. The van der Waals surface area contributed by atoms with E-state index in [1.54, 1.807) is 0 Å². The molecule has 0 radical (unpaired) electrons. The molecule has 6 heteroatoms. The maximum absolute atomic E-state index is 11.4. The van der Waals surface area contributed by atoms with E-state index < -0.39 is 0 Å². The van der Waals surface area contributed by atoms with Crippen LogP contribution in [0, 0.1) is 0 Å². The molecule has 0 saturated carbocycles. The van der Waals surface area contributed by atoms with Crippen LogP contribution in [0.25, 0.3) is 11.0 Å².